The maximum atomic E-state index is 4.08. The Morgan fingerprint density at radius 1 is 1.36 bits per heavy atom. The lowest BCUT2D eigenvalue weighted by Gasteiger charge is -2.01. The van der Waals surface area contributed by atoms with E-state index < -0.39 is 0 Å². The van der Waals surface area contributed by atoms with Crippen LogP contribution in [0.4, 0.5) is 0 Å². The highest BCUT2D eigenvalue weighted by Gasteiger charge is 1.83. The lowest BCUT2D eigenvalue weighted by molar-refractivity contribution is 0.440. The average Bonchev–Trinajstić information content (AvgIpc) is 2.03. The molecule has 1 aromatic rings. The summed E-state index contributed by atoms with van der Waals surface area (Å²) in [7, 11) is 3.77. The SMILES string of the molecule is CN(C)/N=C\c1ccncc1. The van der Waals surface area contributed by atoms with Crippen LogP contribution in [0.5, 0.6) is 0 Å². The van der Waals surface area contributed by atoms with Gasteiger partial charge in [0.25, 0.3) is 0 Å². The van der Waals surface area contributed by atoms with Crippen molar-refractivity contribution < 1.29 is 0 Å². The number of hydrazone groups is 1. The highest BCUT2D eigenvalue weighted by molar-refractivity contribution is 5.78. The van der Waals surface area contributed by atoms with Gasteiger partial charge in [0.1, 0.15) is 0 Å². The van der Waals surface area contributed by atoms with Gasteiger partial charge in [-0.2, -0.15) is 5.10 Å². The average molecular weight is 149 g/mol. The number of pyridine rings is 1. The second-order valence-electron chi connectivity index (χ2n) is 2.37. The Kier molecular flexibility index (Phi) is 2.60. The third kappa shape index (κ3) is 2.80. The molecule has 1 heterocycles. The van der Waals surface area contributed by atoms with Crippen molar-refractivity contribution in [1.82, 2.24) is 9.99 Å². The first kappa shape index (κ1) is 7.72. The number of hydrogen-bond acceptors (Lipinski definition) is 3. The molecular weight excluding hydrogens is 138 g/mol. The second kappa shape index (κ2) is 3.71. The van der Waals surface area contributed by atoms with Crippen molar-refractivity contribution in [2.75, 3.05) is 14.1 Å². The molecule has 0 aliphatic rings. The van der Waals surface area contributed by atoms with E-state index in [2.05, 4.69) is 10.1 Å². The van der Waals surface area contributed by atoms with Gasteiger partial charge in [-0.25, -0.2) is 0 Å². The Balaban J connectivity index is 2.65. The fraction of sp³-hybridized carbons (Fsp3) is 0.250. The van der Waals surface area contributed by atoms with Crippen LogP contribution in [-0.4, -0.2) is 30.3 Å². The summed E-state index contributed by atoms with van der Waals surface area (Å²) in [5.74, 6) is 0. The van der Waals surface area contributed by atoms with Crippen LogP contribution in [0, 0.1) is 0 Å². The lowest BCUT2D eigenvalue weighted by Crippen LogP contribution is -2.01. The number of nitrogens with zero attached hydrogens (tertiary/aromatic N) is 3. The molecule has 0 amide bonds. The van der Waals surface area contributed by atoms with Gasteiger partial charge in [-0.05, 0) is 17.7 Å². The van der Waals surface area contributed by atoms with Crippen LogP contribution in [0.1, 0.15) is 5.56 Å². The van der Waals surface area contributed by atoms with Gasteiger partial charge in [0.15, 0.2) is 0 Å². The molecule has 0 saturated carbocycles. The van der Waals surface area contributed by atoms with E-state index in [0.717, 1.165) is 5.56 Å². The predicted octanol–water partition coefficient (Wildman–Crippen LogP) is 0.977. The van der Waals surface area contributed by atoms with E-state index in [-0.39, 0.29) is 0 Å². The van der Waals surface area contributed by atoms with Crippen LogP contribution >= 0.6 is 0 Å². The maximum Gasteiger partial charge on any atom is 0.0543 e. The van der Waals surface area contributed by atoms with E-state index in [1.54, 1.807) is 23.6 Å². The van der Waals surface area contributed by atoms with Gasteiger partial charge in [0, 0.05) is 26.5 Å². The quantitative estimate of drug-likeness (QED) is 0.463. The van der Waals surface area contributed by atoms with E-state index in [4.69, 9.17) is 0 Å². The molecule has 0 bridgehead atoms. The monoisotopic (exact) mass is 149 g/mol. The van der Waals surface area contributed by atoms with Crippen LogP contribution in [0.2, 0.25) is 0 Å². The summed E-state index contributed by atoms with van der Waals surface area (Å²) in [4.78, 5) is 3.90. The molecule has 1 aromatic heterocycles. The standard InChI is InChI=1S/C8H11N3/c1-11(2)10-7-8-3-5-9-6-4-8/h3-7H,1-2H3/b10-7-. The van der Waals surface area contributed by atoms with Crippen molar-refractivity contribution in [3.63, 3.8) is 0 Å². The largest absolute Gasteiger partial charge is 0.303 e. The Morgan fingerprint density at radius 3 is 2.55 bits per heavy atom. The molecule has 58 valence electrons. The van der Waals surface area contributed by atoms with Gasteiger partial charge in [0.05, 0.1) is 6.21 Å². The van der Waals surface area contributed by atoms with Crippen molar-refractivity contribution in [3.8, 4) is 0 Å². The molecular formula is C8H11N3. The second-order valence-corrected chi connectivity index (χ2v) is 2.37. The minimum Gasteiger partial charge on any atom is -0.303 e. The Hall–Kier alpha value is -1.38. The van der Waals surface area contributed by atoms with Gasteiger partial charge in [-0.15, -0.1) is 0 Å². The van der Waals surface area contributed by atoms with E-state index in [1.165, 1.54) is 0 Å². The van der Waals surface area contributed by atoms with Gasteiger partial charge in [0.2, 0.25) is 0 Å². The maximum absolute atomic E-state index is 4.08. The van der Waals surface area contributed by atoms with Crippen LogP contribution in [-0.2, 0) is 0 Å². The number of hydrogen-bond donors (Lipinski definition) is 0. The van der Waals surface area contributed by atoms with Crippen LogP contribution < -0.4 is 0 Å². The zero-order chi connectivity index (χ0) is 8.10. The summed E-state index contributed by atoms with van der Waals surface area (Å²) in [5.41, 5.74) is 1.06. The van der Waals surface area contributed by atoms with E-state index in [0.29, 0.717) is 0 Å². The summed E-state index contributed by atoms with van der Waals surface area (Å²) in [6, 6.07) is 3.82. The van der Waals surface area contributed by atoms with Crippen molar-refractivity contribution in [2.24, 2.45) is 5.10 Å². The highest BCUT2D eigenvalue weighted by atomic mass is 15.4. The molecule has 0 spiro atoms. The molecule has 0 aromatic carbocycles. The van der Waals surface area contributed by atoms with Gasteiger partial charge in [-0.1, -0.05) is 0 Å². The third-order valence-corrected chi connectivity index (χ3v) is 1.14. The summed E-state index contributed by atoms with van der Waals surface area (Å²) < 4.78 is 0. The first-order chi connectivity index (χ1) is 5.29. The van der Waals surface area contributed by atoms with E-state index in [9.17, 15) is 0 Å². The molecule has 1 rings (SSSR count). The van der Waals surface area contributed by atoms with Gasteiger partial charge in [-0.3, -0.25) is 4.98 Å². The topological polar surface area (TPSA) is 28.5 Å². The Morgan fingerprint density at radius 2 is 2.00 bits per heavy atom. The molecule has 0 aliphatic heterocycles. The number of aromatic nitrogens is 1. The first-order valence-corrected chi connectivity index (χ1v) is 3.40. The zero-order valence-corrected chi connectivity index (χ0v) is 6.73. The summed E-state index contributed by atoms with van der Waals surface area (Å²) >= 11 is 0. The normalized spacial score (nSPS) is 10.4. The summed E-state index contributed by atoms with van der Waals surface area (Å²) in [5, 5.41) is 5.83. The van der Waals surface area contributed by atoms with E-state index in [1.807, 2.05) is 26.2 Å². The Bertz CT molecular complexity index is 228. The molecule has 0 atom stereocenters. The minimum absolute atomic E-state index is 1.06. The van der Waals surface area contributed by atoms with Crippen LogP contribution in [0.3, 0.4) is 0 Å². The molecule has 0 unspecified atom stereocenters. The fourth-order valence-corrected chi connectivity index (χ4v) is 0.632. The molecule has 0 radical (unpaired) electrons. The van der Waals surface area contributed by atoms with E-state index >= 15 is 0 Å². The molecule has 0 fully saturated rings. The highest BCUT2D eigenvalue weighted by Crippen LogP contribution is 1.91. The smallest absolute Gasteiger partial charge is 0.0543 e. The predicted molar refractivity (Wildman–Crippen MR) is 45.5 cm³/mol. The summed E-state index contributed by atoms with van der Waals surface area (Å²) in [6.07, 6.45) is 5.29. The molecule has 11 heavy (non-hydrogen) atoms. The summed E-state index contributed by atoms with van der Waals surface area (Å²) in [6.45, 7) is 0. The zero-order valence-electron chi connectivity index (χ0n) is 6.73. The van der Waals surface area contributed by atoms with Crippen molar-refractivity contribution in [2.45, 2.75) is 0 Å². The number of rotatable bonds is 2. The third-order valence-electron chi connectivity index (χ3n) is 1.14. The van der Waals surface area contributed by atoms with Gasteiger partial charge < -0.3 is 5.01 Å². The van der Waals surface area contributed by atoms with Crippen molar-refractivity contribution in [3.05, 3.63) is 30.1 Å². The molecule has 0 aliphatic carbocycles. The van der Waals surface area contributed by atoms with Crippen LogP contribution in [0.15, 0.2) is 29.6 Å². The van der Waals surface area contributed by atoms with Gasteiger partial charge >= 0.3 is 0 Å². The molecule has 3 nitrogen and oxygen atoms in total. The molecule has 0 N–H and O–H groups in total. The van der Waals surface area contributed by atoms with Crippen molar-refractivity contribution >= 4 is 6.21 Å². The van der Waals surface area contributed by atoms with Crippen molar-refractivity contribution in [1.29, 1.82) is 0 Å². The first-order valence-electron chi connectivity index (χ1n) is 3.40. The molecule has 0 saturated heterocycles. The lowest BCUT2D eigenvalue weighted by atomic mass is 10.3. The van der Waals surface area contributed by atoms with Crippen LogP contribution in [0.25, 0.3) is 0 Å². The fourth-order valence-electron chi connectivity index (χ4n) is 0.632. The minimum atomic E-state index is 1.06. The Labute approximate surface area is 66.4 Å². The molecule has 3 heteroatoms.